The van der Waals surface area contributed by atoms with Crippen molar-refractivity contribution in [2.45, 2.75) is 32.7 Å². The first kappa shape index (κ1) is 17.6. The Kier molecular flexibility index (Phi) is 4.84. The summed E-state index contributed by atoms with van der Waals surface area (Å²) in [7, 11) is 0. The minimum atomic E-state index is -0.290. The smallest absolute Gasteiger partial charge is 0.224 e. The molecular formula is C22H24FN3O. The molecule has 1 aromatic heterocycles. The summed E-state index contributed by atoms with van der Waals surface area (Å²) in [4.78, 5) is 18.1. The number of anilines is 1. The van der Waals surface area contributed by atoms with Gasteiger partial charge in [-0.3, -0.25) is 4.79 Å². The first-order valence-corrected chi connectivity index (χ1v) is 9.47. The van der Waals surface area contributed by atoms with Crippen LogP contribution in [0, 0.1) is 12.7 Å². The van der Waals surface area contributed by atoms with Crippen LogP contribution in [0.15, 0.2) is 42.5 Å². The molecule has 0 bridgehead atoms. The van der Waals surface area contributed by atoms with Crippen LogP contribution in [-0.4, -0.2) is 24.0 Å². The highest BCUT2D eigenvalue weighted by Gasteiger charge is 2.14. The Morgan fingerprint density at radius 3 is 2.81 bits per heavy atom. The van der Waals surface area contributed by atoms with Gasteiger partial charge in [-0.1, -0.05) is 12.1 Å². The highest BCUT2D eigenvalue weighted by Crippen LogP contribution is 2.24. The third kappa shape index (κ3) is 3.82. The molecule has 3 aromatic rings. The molecule has 2 N–H and O–H groups in total. The van der Waals surface area contributed by atoms with E-state index in [0.717, 1.165) is 40.8 Å². The molecular weight excluding hydrogens is 341 g/mol. The van der Waals surface area contributed by atoms with Crippen LogP contribution < -0.4 is 10.2 Å². The molecule has 1 fully saturated rings. The van der Waals surface area contributed by atoms with Crippen LogP contribution in [0.5, 0.6) is 0 Å². The van der Waals surface area contributed by atoms with Crippen molar-refractivity contribution in [3.63, 3.8) is 0 Å². The van der Waals surface area contributed by atoms with E-state index in [2.05, 4.69) is 27.3 Å². The first-order valence-electron chi connectivity index (χ1n) is 9.47. The fourth-order valence-corrected chi connectivity index (χ4v) is 3.84. The van der Waals surface area contributed by atoms with E-state index in [0.29, 0.717) is 6.54 Å². The summed E-state index contributed by atoms with van der Waals surface area (Å²) in [5, 5.41) is 3.77. The van der Waals surface area contributed by atoms with Gasteiger partial charge in [0.15, 0.2) is 0 Å². The summed E-state index contributed by atoms with van der Waals surface area (Å²) in [6.07, 6.45) is 2.72. The predicted octanol–water partition coefficient (Wildman–Crippen LogP) is 4.07. The summed E-state index contributed by atoms with van der Waals surface area (Å²) < 4.78 is 13.6. The minimum absolute atomic E-state index is 0.0603. The third-order valence-electron chi connectivity index (χ3n) is 5.29. The highest BCUT2D eigenvalue weighted by atomic mass is 19.1. The highest BCUT2D eigenvalue weighted by molar-refractivity contribution is 5.90. The zero-order chi connectivity index (χ0) is 18.8. The minimum Gasteiger partial charge on any atom is -0.372 e. The van der Waals surface area contributed by atoms with Gasteiger partial charge in [-0.05, 0) is 61.2 Å². The fourth-order valence-electron chi connectivity index (χ4n) is 3.84. The predicted molar refractivity (Wildman–Crippen MR) is 106 cm³/mol. The van der Waals surface area contributed by atoms with Crippen molar-refractivity contribution in [3.05, 3.63) is 65.1 Å². The number of halogens is 1. The van der Waals surface area contributed by atoms with Crippen molar-refractivity contribution in [2.24, 2.45) is 0 Å². The maximum atomic E-state index is 13.6. The van der Waals surface area contributed by atoms with E-state index in [1.54, 1.807) is 6.07 Å². The molecule has 1 aliphatic heterocycles. The van der Waals surface area contributed by atoms with Gasteiger partial charge in [-0.25, -0.2) is 4.39 Å². The Bertz CT molecular complexity index is 973. The lowest BCUT2D eigenvalue weighted by molar-refractivity contribution is -0.120. The maximum absolute atomic E-state index is 13.6. The van der Waals surface area contributed by atoms with Gasteiger partial charge in [-0.2, -0.15) is 0 Å². The normalized spacial score (nSPS) is 14.1. The van der Waals surface area contributed by atoms with Crippen molar-refractivity contribution >= 4 is 22.5 Å². The average Bonchev–Trinajstić information content (AvgIpc) is 3.30. The van der Waals surface area contributed by atoms with Crippen molar-refractivity contribution < 1.29 is 9.18 Å². The number of aryl methyl sites for hydroxylation is 1. The molecule has 1 amide bonds. The standard InChI is InChI=1S/C22H24FN3O/c1-15-19(20-12-17(23)7-8-21(20)25-15)13-22(27)24-14-16-5-4-6-18(11-16)26-9-2-3-10-26/h4-8,11-12,25H,2-3,9-10,13-14H2,1H3,(H,24,27). The van der Waals surface area contributed by atoms with E-state index in [1.165, 1.54) is 30.7 Å². The van der Waals surface area contributed by atoms with Gasteiger partial charge < -0.3 is 15.2 Å². The van der Waals surface area contributed by atoms with Crippen LogP contribution >= 0.6 is 0 Å². The summed E-state index contributed by atoms with van der Waals surface area (Å²) in [5.41, 5.74) is 4.93. The maximum Gasteiger partial charge on any atom is 0.224 e. The van der Waals surface area contributed by atoms with Crippen LogP contribution in [-0.2, 0) is 17.8 Å². The van der Waals surface area contributed by atoms with Crippen LogP contribution in [0.2, 0.25) is 0 Å². The Morgan fingerprint density at radius 2 is 2.00 bits per heavy atom. The number of H-pyrrole nitrogens is 1. The van der Waals surface area contributed by atoms with Gasteiger partial charge in [0.2, 0.25) is 5.91 Å². The van der Waals surface area contributed by atoms with Crippen molar-refractivity contribution in [3.8, 4) is 0 Å². The van der Waals surface area contributed by atoms with Gasteiger partial charge in [0.25, 0.3) is 0 Å². The third-order valence-corrected chi connectivity index (χ3v) is 5.29. The second-order valence-electron chi connectivity index (χ2n) is 7.24. The van der Waals surface area contributed by atoms with E-state index in [-0.39, 0.29) is 18.1 Å². The lowest BCUT2D eigenvalue weighted by Gasteiger charge is -2.18. The number of carbonyl (C=O) groups is 1. The summed E-state index contributed by atoms with van der Waals surface area (Å²) in [6, 6.07) is 13.0. The Labute approximate surface area is 158 Å². The molecule has 0 saturated carbocycles. The number of rotatable bonds is 5. The van der Waals surface area contributed by atoms with Crippen LogP contribution in [0.1, 0.15) is 29.7 Å². The molecule has 1 saturated heterocycles. The molecule has 0 spiro atoms. The van der Waals surface area contributed by atoms with Gasteiger partial charge in [0, 0.05) is 41.9 Å². The number of nitrogens with one attached hydrogen (secondary N) is 2. The van der Waals surface area contributed by atoms with Crippen molar-refractivity contribution in [1.82, 2.24) is 10.3 Å². The van der Waals surface area contributed by atoms with Crippen LogP contribution in [0.3, 0.4) is 0 Å². The summed E-state index contributed by atoms with van der Waals surface area (Å²) >= 11 is 0. The first-order chi connectivity index (χ1) is 13.1. The van der Waals surface area contributed by atoms with Gasteiger partial charge >= 0.3 is 0 Å². The Hall–Kier alpha value is -2.82. The fraction of sp³-hybridized carbons (Fsp3) is 0.318. The van der Waals surface area contributed by atoms with E-state index < -0.39 is 0 Å². The van der Waals surface area contributed by atoms with E-state index in [4.69, 9.17) is 0 Å². The zero-order valence-electron chi connectivity index (χ0n) is 15.5. The molecule has 0 radical (unpaired) electrons. The number of aromatic nitrogens is 1. The van der Waals surface area contributed by atoms with Crippen LogP contribution in [0.25, 0.3) is 10.9 Å². The molecule has 140 valence electrons. The quantitative estimate of drug-likeness (QED) is 0.716. The number of aromatic amines is 1. The number of fused-ring (bicyclic) bond motifs is 1. The van der Waals surface area contributed by atoms with Gasteiger partial charge in [0.1, 0.15) is 5.82 Å². The van der Waals surface area contributed by atoms with Gasteiger partial charge in [-0.15, -0.1) is 0 Å². The second-order valence-corrected chi connectivity index (χ2v) is 7.24. The van der Waals surface area contributed by atoms with E-state index in [9.17, 15) is 9.18 Å². The number of hydrogen-bond acceptors (Lipinski definition) is 2. The number of benzene rings is 2. The molecule has 1 aliphatic rings. The molecule has 0 unspecified atom stereocenters. The van der Waals surface area contributed by atoms with Crippen LogP contribution in [0.4, 0.5) is 10.1 Å². The topological polar surface area (TPSA) is 48.1 Å². The van der Waals surface area contributed by atoms with Gasteiger partial charge in [0.05, 0.1) is 6.42 Å². The van der Waals surface area contributed by atoms with Crippen molar-refractivity contribution in [1.29, 1.82) is 0 Å². The largest absolute Gasteiger partial charge is 0.372 e. The summed E-state index contributed by atoms with van der Waals surface area (Å²) in [6.45, 7) is 4.62. The summed E-state index contributed by atoms with van der Waals surface area (Å²) in [5.74, 6) is -0.350. The molecule has 5 heteroatoms. The van der Waals surface area contributed by atoms with Crippen molar-refractivity contribution in [2.75, 3.05) is 18.0 Å². The number of hydrogen-bond donors (Lipinski definition) is 2. The Balaban J connectivity index is 1.42. The number of carbonyl (C=O) groups excluding carboxylic acids is 1. The lowest BCUT2D eigenvalue weighted by Crippen LogP contribution is -2.25. The molecule has 2 heterocycles. The number of nitrogens with zero attached hydrogens (tertiary/aromatic N) is 1. The van der Waals surface area contributed by atoms with E-state index in [1.807, 2.05) is 19.1 Å². The molecule has 4 rings (SSSR count). The zero-order valence-corrected chi connectivity index (χ0v) is 15.5. The molecule has 4 nitrogen and oxygen atoms in total. The molecule has 0 atom stereocenters. The molecule has 27 heavy (non-hydrogen) atoms. The number of amides is 1. The second kappa shape index (κ2) is 7.43. The molecule has 2 aromatic carbocycles. The monoisotopic (exact) mass is 365 g/mol. The molecule has 0 aliphatic carbocycles. The average molecular weight is 365 g/mol. The SMILES string of the molecule is Cc1[nH]c2ccc(F)cc2c1CC(=O)NCc1cccc(N2CCCC2)c1. The Morgan fingerprint density at radius 1 is 1.19 bits per heavy atom. The van der Waals surface area contributed by atoms with E-state index >= 15 is 0 Å². The lowest BCUT2D eigenvalue weighted by atomic mass is 10.1.